The third-order valence-corrected chi connectivity index (χ3v) is 9.31. The lowest BCUT2D eigenvalue weighted by Gasteiger charge is -2.34. The van der Waals surface area contributed by atoms with Crippen molar-refractivity contribution in [2.75, 3.05) is 10.8 Å². The van der Waals surface area contributed by atoms with Crippen molar-refractivity contribution in [3.05, 3.63) is 92.4 Å². The highest BCUT2D eigenvalue weighted by molar-refractivity contribution is 7.92. The van der Waals surface area contributed by atoms with Crippen LogP contribution in [0.1, 0.15) is 43.9 Å². The summed E-state index contributed by atoms with van der Waals surface area (Å²) in [7, 11) is -4.60. The molecule has 0 bridgehead atoms. The van der Waals surface area contributed by atoms with Crippen LogP contribution in [0.25, 0.3) is 0 Å². The fraction of sp³-hybridized carbons (Fsp3) is 0.333. The summed E-state index contributed by atoms with van der Waals surface area (Å²) in [4.78, 5) is 28.2. The zero-order chi connectivity index (χ0) is 33.0. The first kappa shape index (κ1) is 35.5. The first-order valence-electron chi connectivity index (χ1n) is 13.5. The Morgan fingerprint density at radius 3 is 2.11 bits per heavy atom. The Bertz CT molecular complexity index is 1620. The smallest absolute Gasteiger partial charge is 0.352 e. The van der Waals surface area contributed by atoms with Gasteiger partial charge in [-0.15, -0.1) is 0 Å². The van der Waals surface area contributed by atoms with Crippen LogP contribution in [-0.4, -0.2) is 43.8 Å². The second kappa shape index (κ2) is 14.4. The molecular weight excluding hydrogens is 662 g/mol. The van der Waals surface area contributed by atoms with Gasteiger partial charge in [-0.05, 0) is 75.2 Å². The van der Waals surface area contributed by atoms with Gasteiger partial charge in [0.15, 0.2) is 0 Å². The minimum absolute atomic E-state index is 0.138. The fourth-order valence-corrected chi connectivity index (χ4v) is 6.48. The Morgan fingerprint density at radius 1 is 0.932 bits per heavy atom. The van der Waals surface area contributed by atoms with Crippen molar-refractivity contribution in [3.63, 3.8) is 0 Å². The van der Waals surface area contributed by atoms with Crippen LogP contribution >= 0.6 is 34.8 Å². The molecule has 3 aromatic carbocycles. The predicted molar refractivity (Wildman–Crippen MR) is 167 cm³/mol. The van der Waals surface area contributed by atoms with E-state index >= 15 is 0 Å². The summed E-state index contributed by atoms with van der Waals surface area (Å²) < 4.78 is 69.9. The molecule has 2 amide bonds. The van der Waals surface area contributed by atoms with Gasteiger partial charge < -0.3 is 10.2 Å². The van der Waals surface area contributed by atoms with Crippen molar-refractivity contribution in [1.82, 2.24) is 10.2 Å². The molecule has 44 heavy (non-hydrogen) atoms. The Hall–Kier alpha value is -2.99. The van der Waals surface area contributed by atoms with Gasteiger partial charge in [0, 0.05) is 22.6 Å². The number of halogens is 6. The Balaban J connectivity index is 2.18. The third-order valence-electron chi connectivity index (χ3n) is 6.60. The zero-order valence-corrected chi connectivity index (χ0v) is 27.3. The number of carbonyl (C=O) groups excluding carboxylic acids is 2. The van der Waals surface area contributed by atoms with Gasteiger partial charge in [-0.3, -0.25) is 13.9 Å². The highest BCUT2D eigenvalue weighted by atomic mass is 35.5. The molecule has 0 aliphatic rings. The number of nitrogens with one attached hydrogen (secondary N) is 1. The van der Waals surface area contributed by atoms with E-state index < -0.39 is 56.9 Å². The summed E-state index contributed by atoms with van der Waals surface area (Å²) >= 11 is 18.2. The molecule has 0 aliphatic heterocycles. The lowest BCUT2D eigenvalue weighted by atomic mass is 10.1. The van der Waals surface area contributed by atoms with Crippen molar-refractivity contribution in [3.8, 4) is 0 Å². The zero-order valence-electron chi connectivity index (χ0n) is 24.3. The molecule has 0 spiro atoms. The molecule has 1 atom stereocenters. The number of hydrogen-bond acceptors (Lipinski definition) is 4. The number of nitrogens with zero attached hydrogens (tertiary/aromatic N) is 2. The Morgan fingerprint density at radius 2 is 1.57 bits per heavy atom. The summed E-state index contributed by atoms with van der Waals surface area (Å²) in [5.41, 5.74) is -0.565. The van der Waals surface area contributed by atoms with Crippen LogP contribution in [0.2, 0.25) is 15.1 Å². The molecule has 0 fully saturated rings. The molecule has 0 radical (unpaired) electrons. The number of rotatable bonds is 11. The minimum Gasteiger partial charge on any atom is -0.352 e. The summed E-state index contributed by atoms with van der Waals surface area (Å²) in [6.07, 6.45) is -4.77. The molecule has 0 saturated heterocycles. The van der Waals surface area contributed by atoms with Gasteiger partial charge in [0.05, 0.1) is 21.2 Å². The molecule has 238 valence electrons. The molecule has 1 N–H and O–H groups in total. The quantitative estimate of drug-likeness (QED) is 0.226. The molecule has 3 rings (SSSR count). The average Bonchev–Trinajstić information content (AvgIpc) is 2.92. The van der Waals surface area contributed by atoms with E-state index in [0.29, 0.717) is 21.0 Å². The summed E-state index contributed by atoms with van der Waals surface area (Å²) in [5.74, 6) is -1.36. The van der Waals surface area contributed by atoms with E-state index in [0.717, 1.165) is 22.6 Å². The number of alkyl halides is 3. The molecular formula is C30H31Cl3F3N3O4S. The van der Waals surface area contributed by atoms with Crippen molar-refractivity contribution >= 4 is 62.3 Å². The maximum absolute atomic E-state index is 14.1. The van der Waals surface area contributed by atoms with Crippen LogP contribution < -0.4 is 9.62 Å². The molecule has 7 nitrogen and oxygen atoms in total. The molecule has 0 unspecified atom stereocenters. The average molecular weight is 693 g/mol. The highest BCUT2D eigenvalue weighted by Crippen LogP contribution is 2.38. The third kappa shape index (κ3) is 8.59. The first-order valence-corrected chi connectivity index (χ1v) is 16.0. The van der Waals surface area contributed by atoms with Crippen molar-refractivity contribution in [2.24, 2.45) is 0 Å². The fourth-order valence-electron chi connectivity index (χ4n) is 4.39. The lowest BCUT2D eigenvalue weighted by molar-refractivity contribution is -0.140. The van der Waals surface area contributed by atoms with E-state index in [1.807, 2.05) is 0 Å². The van der Waals surface area contributed by atoms with E-state index in [9.17, 15) is 31.2 Å². The van der Waals surface area contributed by atoms with Gasteiger partial charge in [-0.25, -0.2) is 8.42 Å². The maximum Gasteiger partial charge on any atom is 0.417 e. The van der Waals surface area contributed by atoms with Crippen molar-refractivity contribution in [2.45, 2.75) is 63.8 Å². The number of carbonyl (C=O) groups is 2. The van der Waals surface area contributed by atoms with Gasteiger partial charge in [0.25, 0.3) is 10.0 Å². The van der Waals surface area contributed by atoms with Gasteiger partial charge in [0.1, 0.15) is 12.6 Å². The minimum atomic E-state index is -4.91. The number of amides is 2. The molecule has 0 saturated carbocycles. The van der Waals surface area contributed by atoms with Crippen LogP contribution in [0.4, 0.5) is 18.9 Å². The number of sulfonamides is 1. The number of benzene rings is 3. The van der Waals surface area contributed by atoms with Crippen LogP contribution in [-0.2, 0) is 32.3 Å². The molecule has 14 heteroatoms. The molecule has 0 aliphatic carbocycles. The Labute approximate surface area is 269 Å². The molecule has 3 aromatic rings. The van der Waals surface area contributed by atoms with Gasteiger partial charge in [-0.1, -0.05) is 65.5 Å². The molecule has 0 heterocycles. The van der Waals surface area contributed by atoms with E-state index in [2.05, 4.69) is 5.32 Å². The van der Waals surface area contributed by atoms with E-state index in [1.54, 1.807) is 39.8 Å². The second-order valence-corrected chi connectivity index (χ2v) is 13.4. The maximum atomic E-state index is 14.1. The van der Waals surface area contributed by atoms with Crippen LogP contribution in [0, 0.1) is 6.92 Å². The normalized spacial score (nSPS) is 12.6. The van der Waals surface area contributed by atoms with Crippen molar-refractivity contribution in [1.29, 1.82) is 0 Å². The predicted octanol–water partition coefficient (Wildman–Crippen LogP) is 7.50. The van der Waals surface area contributed by atoms with Gasteiger partial charge >= 0.3 is 6.18 Å². The number of anilines is 1. The highest BCUT2D eigenvalue weighted by Gasteiger charge is 2.37. The van der Waals surface area contributed by atoms with Gasteiger partial charge in [-0.2, -0.15) is 13.2 Å². The summed E-state index contributed by atoms with van der Waals surface area (Å²) in [6.45, 7) is 5.73. The van der Waals surface area contributed by atoms with Gasteiger partial charge in [0.2, 0.25) is 11.8 Å². The number of aryl methyl sites for hydroxylation is 1. The van der Waals surface area contributed by atoms with E-state index in [1.165, 1.54) is 30.3 Å². The van der Waals surface area contributed by atoms with Crippen LogP contribution in [0.15, 0.2) is 65.6 Å². The second-order valence-electron chi connectivity index (χ2n) is 10.3. The standard InChI is InChI=1S/C30H31Cl3F3N3O4S/c1-5-27(29(41)37-18(2)3)38(16-20-8-9-21(31)14-26(20)33)28(40)17-39(44(42,43)23-11-6-19(4)7-12-23)22-10-13-25(32)24(15-22)30(34,35)36/h6-15,18,27H,5,16-17H2,1-4H3,(H,37,41)/t27-/m1/s1. The van der Waals surface area contributed by atoms with E-state index in [-0.39, 0.29) is 28.9 Å². The Kier molecular flexibility index (Phi) is 11.6. The monoisotopic (exact) mass is 691 g/mol. The lowest BCUT2D eigenvalue weighted by Crippen LogP contribution is -2.53. The SMILES string of the molecule is CC[C@H](C(=O)NC(C)C)N(Cc1ccc(Cl)cc1Cl)C(=O)CN(c1ccc(Cl)c(C(F)(F)F)c1)S(=O)(=O)c1ccc(C)cc1. The van der Waals surface area contributed by atoms with Crippen LogP contribution in [0.3, 0.4) is 0 Å². The summed E-state index contributed by atoms with van der Waals surface area (Å²) in [5, 5.41) is 2.65. The van der Waals surface area contributed by atoms with E-state index in [4.69, 9.17) is 34.8 Å². The van der Waals surface area contributed by atoms with Crippen LogP contribution in [0.5, 0.6) is 0 Å². The topological polar surface area (TPSA) is 86.8 Å². The molecule has 0 aromatic heterocycles. The largest absolute Gasteiger partial charge is 0.417 e. The summed E-state index contributed by atoms with van der Waals surface area (Å²) in [6, 6.07) is 11.4. The first-order chi connectivity index (χ1) is 20.4. The number of hydrogen-bond donors (Lipinski definition) is 1. The van der Waals surface area contributed by atoms with Crippen molar-refractivity contribution < 1.29 is 31.2 Å².